The molecule has 7 nitrogen and oxygen atoms in total. The molecule has 0 saturated carbocycles. The largest absolute Gasteiger partial charge is 0.351 e. The number of nitrogens with zero attached hydrogens (tertiary/aromatic N) is 5. The summed E-state index contributed by atoms with van der Waals surface area (Å²) in [5, 5.41) is 8.80. The van der Waals surface area contributed by atoms with Gasteiger partial charge < -0.3 is 10.2 Å². The van der Waals surface area contributed by atoms with Crippen LogP contribution in [-0.4, -0.2) is 56.2 Å². The van der Waals surface area contributed by atoms with Crippen molar-refractivity contribution >= 4 is 16.8 Å². The van der Waals surface area contributed by atoms with Gasteiger partial charge in [0.25, 0.3) is 0 Å². The van der Waals surface area contributed by atoms with Crippen LogP contribution in [0.25, 0.3) is 16.6 Å². The van der Waals surface area contributed by atoms with Crippen LogP contribution in [0, 0.1) is 13.8 Å². The number of likely N-dealkylation sites (tertiary alicyclic amines) is 1. The molecule has 1 aliphatic heterocycles. The van der Waals surface area contributed by atoms with Gasteiger partial charge in [0, 0.05) is 35.8 Å². The van der Waals surface area contributed by atoms with Crippen LogP contribution in [0.3, 0.4) is 0 Å². The van der Waals surface area contributed by atoms with E-state index in [1.807, 2.05) is 36.0 Å². The van der Waals surface area contributed by atoms with Crippen molar-refractivity contribution in [3.8, 4) is 5.69 Å². The maximum absolute atomic E-state index is 13.1. The number of likely N-dealkylation sites (N-methyl/N-ethyl adjacent to an activating group) is 1. The monoisotopic (exact) mass is 454 g/mol. The van der Waals surface area contributed by atoms with Gasteiger partial charge in [-0.15, -0.1) is 0 Å². The summed E-state index contributed by atoms with van der Waals surface area (Å²) in [6, 6.07) is 14.6. The molecule has 1 aliphatic rings. The lowest BCUT2D eigenvalue weighted by molar-refractivity contribution is -0.121. The molecule has 3 atom stereocenters. The number of pyridine rings is 2. The molecule has 0 radical (unpaired) electrons. The Morgan fingerprint density at radius 1 is 1.12 bits per heavy atom. The van der Waals surface area contributed by atoms with E-state index in [9.17, 15) is 4.79 Å². The summed E-state index contributed by atoms with van der Waals surface area (Å²) in [5.74, 6) is 0.261. The normalized spacial score (nSPS) is 20.6. The van der Waals surface area contributed by atoms with Gasteiger partial charge in [-0.2, -0.15) is 5.10 Å². The minimum absolute atomic E-state index is 0.00488. The van der Waals surface area contributed by atoms with Crippen molar-refractivity contribution < 1.29 is 4.79 Å². The summed E-state index contributed by atoms with van der Waals surface area (Å²) in [6.07, 6.45) is 5.62. The quantitative estimate of drug-likeness (QED) is 0.499. The highest BCUT2D eigenvalue weighted by Crippen LogP contribution is 2.33. The standard InChI is InChI=1S/C27H30N6O/c1-17-7-5-6-8-23(17)24-16-32(4)19(3)27(24)31-26(34)13-21-12-20-14-30-33(25(20)15-29-21)22-9-10-28-18(2)11-22/h5-12,14-15,19,24,27H,13,16H2,1-4H3,(H,31,34)/t19-,24-,27+/m0/s1. The third-order valence-corrected chi connectivity index (χ3v) is 7.03. The molecule has 0 bridgehead atoms. The number of rotatable bonds is 5. The Kier molecular flexibility index (Phi) is 5.87. The average molecular weight is 455 g/mol. The SMILES string of the molecule is Cc1cc(-n2ncc3cc(CC(=O)N[C@H]4[C@H](c5ccccc5C)CN(C)[C@H]4C)ncc32)ccn1. The van der Waals surface area contributed by atoms with Crippen molar-refractivity contribution in [3.63, 3.8) is 0 Å². The van der Waals surface area contributed by atoms with E-state index in [0.717, 1.165) is 34.5 Å². The highest BCUT2D eigenvalue weighted by Gasteiger charge is 2.39. The van der Waals surface area contributed by atoms with Crippen molar-refractivity contribution in [1.82, 2.24) is 30.0 Å². The lowest BCUT2D eigenvalue weighted by Gasteiger charge is -2.25. The molecule has 1 amide bonds. The van der Waals surface area contributed by atoms with Gasteiger partial charge in [0.1, 0.15) is 0 Å². The van der Waals surface area contributed by atoms with E-state index in [-0.39, 0.29) is 30.3 Å². The highest BCUT2D eigenvalue weighted by molar-refractivity contribution is 5.83. The predicted octanol–water partition coefficient (Wildman–Crippen LogP) is 3.58. The third-order valence-electron chi connectivity index (χ3n) is 7.03. The molecular weight excluding hydrogens is 424 g/mol. The number of carbonyl (C=O) groups is 1. The second-order valence-electron chi connectivity index (χ2n) is 9.36. The van der Waals surface area contributed by atoms with Crippen LogP contribution in [0.2, 0.25) is 0 Å². The van der Waals surface area contributed by atoms with Crippen molar-refractivity contribution in [2.45, 2.75) is 45.2 Å². The Bertz CT molecular complexity index is 1350. The Morgan fingerprint density at radius 3 is 2.74 bits per heavy atom. The summed E-state index contributed by atoms with van der Waals surface area (Å²) < 4.78 is 1.85. The van der Waals surface area contributed by atoms with Crippen LogP contribution in [0.5, 0.6) is 0 Å². The highest BCUT2D eigenvalue weighted by atomic mass is 16.1. The predicted molar refractivity (Wildman–Crippen MR) is 133 cm³/mol. The van der Waals surface area contributed by atoms with Gasteiger partial charge >= 0.3 is 0 Å². The van der Waals surface area contributed by atoms with E-state index in [2.05, 4.69) is 70.4 Å². The van der Waals surface area contributed by atoms with E-state index in [1.165, 1.54) is 11.1 Å². The first kappa shape index (κ1) is 22.2. The molecule has 34 heavy (non-hydrogen) atoms. The van der Waals surface area contributed by atoms with Crippen molar-refractivity contribution in [3.05, 3.63) is 83.6 Å². The lowest BCUT2D eigenvalue weighted by Crippen LogP contribution is -2.45. The van der Waals surface area contributed by atoms with Crippen LogP contribution < -0.4 is 5.32 Å². The number of aromatic nitrogens is 4. The number of carbonyl (C=O) groups excluding carboxylic acids is 1. The number of nitrogens with one attached hydrogen (secondary N) is 1. The second kappa shape index (κ2) is 8.99. The average Bonchev–Trinajstić information content (AvgIpc) is 3.35. The van der Waals surface area contributed by atoms with Gasteiger partial charge in [0.05, 0.1) is 41.8 Å². The van der Waals surface area contributed by atoms with Crippen LogP contribution in [-0.2, 0) is 11.2 Å². The molecule has 3 aromatic heterocycles. The van der Waals surface area contributed by atoms with E-state index in [0.29, 0.717) is 0 Å². The molecular formula is C27H30N6O. The zero-order valence-electron chi connectivity index (χ0n) is 20.1. The first-order valence-electron chi connectivity index (χ1n) is 11.7. The Labute approximate surface area is 199 Å². The van der Waals surface area contributed by atoms with Gasteiger partial charge in [0.15, 0.2) is 0 Å². The van der Waals surface area contributed by atoms with E-state index >= 15 is 0 Å². The number of fused-ring (bicyclic) bond motifs is 1. The summed E-state index contributed by atoms with van der Waals surface area (Å²) in [7, 11) is 2.12. The van der Waals surface area contributed by atoms with Gasteiger partial charge in [-0.3, -0.25) is 14.8 Å². The first-order chi connectivity index (χ1) is 16.4. The lowest BCUT2D eigenvalue weighted by atomic mass is 9.88. The van der Waals surface area contributed by atoms with E-state index in [1.54, 1.807) is 12.4 Å². The topological polar surface area (TPSA) is 75.9 Å². The Morgan fingerprint density at radius 2 is 1.94 bits per heavy atom. The summed E-state index contributed by atoms with van der Waals surface area (Å²) in [5.41, 5.74) is 6.09. The van der Waals surface area contributed by atoms with Crippen LogP contribution in [0.15, 0.2) is 61.1 Å². The number of benzene rings is 1. The van der Waals surface area contributed by atoms with Gasteiger partial charge in [-0.25, -0.2) is 4.68 Å². The summed E-state index contributed by atoms with van der Waals surface area (Å²) in [6.45, 7) is 7.21. The minimum atomic E-state index is -0.00488. The second-order valence-corrected chi connectivity index (χ2v) is 9.36. The molecule has 0 aliphatic carbocycles. The number of hydrogen-bond donors (Lipinski definition) is 1. The van der Waals surface area contributed by atoms with Crippen LogP contribution in [0.4, 0.5) is 0 Å². The van der Waals surface area contributed by atoms with E-state index in [4.69, 9.17) is 0 Å². The first-order valence-corrected chi connectivity index (χ1v) is 11.7. The zero-order chi connectivity index (χ0) is 23.8. The van der Waals surface area contributed by atoms with Gasteiger partial charge in [0.2, 0.25) is 5.91 Å². The van der Waals surface area contributed by atoms with Gasteiger partial charge in [-0.1, -0.05) is 24.3 Å². The minimum Gasteiger partial charge on any atom is -0.351 e. The fraction of sp³-hybridized carbons (Fsp3) is 0.333. The molecule has 0 spiro atoms. The molecule has 4 aromatic rings. The molecule has 1 saturated heterocycles. The van der Waals surface area contributed by atoms with E-state index < -0.39 is 0 Å². The van der Waals surface area contributed by atoms with Gasteiger partial charge in [-0.05, 0) is 57.1 Å². The maximum Gasteiger partial charge on any atom is 0.226 e. The molecule has 7 heteroatoms. The van der Waals surface area contributed by atoms with Crippen molar-refractivity contribution in [1.29, 1.82) is 0 Å². The molecule has 174 valence electrons. The number of aryl methyl sites for hydroxylation is 2. The molecule has 1 N–H and O–H groups in total. The Hall–Kier alpha value is -3.58. The van der Waals surface area contributed by atoms with Crippen LogP contribution >= 0.6 is 0 Å². The molecule has 5 rings (SSSR count). The fourth-order valence-electron chi connectivity index (χ4n) is 5.05. The molecule has 1 fully saturated rings. The zero-order valence-corrected chi connectivity index (χ0v) is 20.1. The maximum atomic E-state index is 13.1. The molecule has 4 heterocycles. The summed E-state index contributed by atoms with van der Waals surface area (Å²) in [4.78, 5) is 24.2. The number of amides is 1. The summed E-state index contributed by atoms with van der Waals surface area (Å²) >= 11 is 0. The smallest absolute Gasteiger partial charge is 0.226 e. The fourth-order valence-corrected chi connectivity index (χ4v) is 5.05. The number of hydrogen-bond acceptors (Lipinski definition) is 5. The molecule has 0 unspecified atom stereocenters. The molecule has 1 aromatic carbocycles. The van der Waals surface area contributed by atoms with Crippen LogP contribution in [0.1, 0.15) is 35.4 Å². The third kappa shape index (κ3) is 4.19. The Balaban J connectivity index is 1.34. The van der Waals surface area contributed by atoms with Crippen molar-refractivity contribution in [2.24, 2.45) is 0 Å². The van der Waals surface area contributed by atoms with Crippen molar-refractivity contribution in [2.75, 3.05) is 13.6 Å².